The van der Waals surface area contributed by atoms with Crippen molar-refractivity contribution >= 4 is 92.4 Å². The predicted octanol–water partition coefficient (Wildman–Crippen LogP) is 16.3. The van der Waals surface area contributed by atoms with Crippen LogP contribution < -0.4 is 4.90 Å². The summed E-state index contributed by atoms with van der Waals surface area (Å²) in [6, 6.07) is 71.4. The Bertz CT molecular complexity index is 3510. The molecule has 3 heterocycles. The normalized spacial score (nSPS) is 11.8. The number of thiophene rings is 1. The molecule has 0 atom stereocenters. The van der Waals surface area contributed by atoms with Gasteiger partial charge in [-0.15, -0.1) is 11.3 Å². The zero-order valence-corrected chi connectivity index (χ0v) is 32.0. The molecule has 12 aromatic rings. The van der Waals surface area contributed by atoms with E-state index in [-0.39, 0.29) is 0 Å². The summed E-state index contributed by atoms with van der Waals surface area (Å²) in [4.78, 5) is 2.49. The molecule has 4 heteroatoms. The summed E-state index contributed by atoms with van der Waals surface area (Å²) in [6.07, 6.45) is 0. The third-order valence-corrected chi connectivity index (χ3v) is 12.7. The van der Waals surface area contributed by atoms with Crippen LogP contribution in [0.25, 0.3) is 97.4 Å². The van der Waals surface area contributed by atoms with Crippen molar-refractivity contribution in [2.24, 2.45) is 0 Å². The van der Waals surface area contributed by atoms with Crippen LogP contribution in [-0.4, -0.2) is 0 Å². The predicted molar refractivity (Wildman–Crippen MR) is 245 cm³/mol. The van der Waals surface area contributed by atoms with Crippen LogP contribution in [0.5, 0.6) is 0 Å². The van der Waals surface area contributed by atoms with Gasteiger partial charge < -0.3 is 13.7 Å². The second-order valence-corrected chi connectivity index (χ2v) is 15.8. The van der Waals surface area contributed by atoms with Crippen molar-refractivity contribution in [2.75, 3.05) is 4.90 Å². The summed E-state index contributed by atoms with van der Waals surface area (Å²) < 4.78 is 15.9. The highest BCUT2D eigenvalue weighted by molar-refractivity contribution is 7.26. The van der Waals surface area contributed by atoms with Crippen molar-refractivity contribution in [3.8, 4) is 33.4 Å². The highest BCUT2D eigenvalue weighted by Gasteiger charge is 2.28. The van der Waals surface area contributed by atoms with E-state index >= 15 is 0 Å². The fourth-order valence-corrected chi connectivity index (χ4v) is 10.1. The van der Waals surface area contributed by atoms with Crippen LogP contribution in [0.2, 0.25) is 0 Å². The molecule has 0 spiro atoms. The molecule has 58 heavy (non-hydrogen) atoms. The van der Waals surface area contributed by atoms with Gasteiger partial charge in [0, 0.05) is 53.1 Å². The standard InChI is InChI=1S/C54H33NO2S/c1-4-15-34(16-5-1)38-29-32-48-51(43-24-14-23-39(53(43)57-48)35-17-6-2-7-18-35)52(38)55(37-27-31-47-44(33-37)41-21-10-12-25-46(41)56-47)45-30-28-40(36-19-8-3-9-20-36)54-50(45)42-22-11-13-26-49(42)58-54/h1-33H. The van der Waals surface area contributed by atoms with Gasteiger partial charge in [-0.3, -0.25) is 0 Å². The van der Waals surface area contributed by atoms with Gasteiger partial charge in [-0.1, -0.05) is 152 Å². The third-order valence-electron chi connectivity index (χ3n) is 11.5. The Morgan fingerprint density at radius 2 is 0.983 bits per heavy atom. The van der Waals surface area contributed by atoms with Gasteiger partial charge in [0.25, 0.3) is 0 Å². The molecule has 0 saturated carbocycles. The van der Waals surface area contributed by atoms with Crippen LogP contribution in [0.15, 0.2) is 209 Å². The highest BCUT2D eigenvalue weighted by Crippen LogP contribution is 2.54. The summed E-state index contributed by atoms with van der Waals surface area (Å²) in [5.41, 5.74) is 13.5. The van der Waals surface area contributed by atoms with Crippen LogP contribution in [0, 0.1) is 0 Å². The van der Waals surface area contributed by atoms with Crippen LogP contribution in [0.1, 0.15) is 0 Å². The maximum Gasteiger partial charge on any atom is 0.143 e. The smallest absolute Gasteiger partial charge is 0.143 e. The van der Waals surface area contributed by atoms with Crippen LogP contribution in [0.4, 0.5) is 17.1 Å². The summed E-state index contributed by atoms with van der Waals surface area (Å²) in [5.74, 6) is 0. The molecule has 272 valence electrons. The number of hydrogen-bond donors (Lipinski definition) is 0. The van der Waals surface area contributed by atoms with Crippen LogP contribution in [0.3, 0.4) is 0 Å². The molecule has 9 aromatic carbocycles. The summed E-state index contributed by atoms with van der Waals surface area (Å²) in [6.45, 7) is 0. The van der Waals surface area contributed by atoms with Crippen LogP contribution >= 0.6 is 11.3 Å². The van der Waals surface area contributed by atoms with Gasteiger partial charge in [0.1, 0.15) is 22.3 Å². The van der Waals surface area contributed by atoms with Crippen molar-refractivity contribution in [1.82, 2.24) is 0 Å². The molecular weight excluding hydrogens is 727 g/mol. The van der Waals surface area contributed by atoms with Gasteiger partial charge in [-0.2, -0.15) is 0 Å². The number of para-hydroxylation sites is 2. The summed E-state index contributed by atoms with van der Waals surface area (Å²) >= 11 is 1.86. The van der Waals surface area contributed by atoms with E-state index < -0.39 is 0 Å². The molecule has 3 aromatic heterocycles. The van der Waals surface area contributed by atoms with E-state index in [0.29, 0.717) is 0 Å². The molecular formula is C54H33NO2S. The first kappa shape index (κ1) is 32.8. The van der Waals surface area contributed by atoms with E-state index in [9.17, 15) is 0 Å². The number of nitrogens with zero attached hydrogens (tertiary/aromatic N) is 1. The Morgan fingerprint density at radius 3 is 1.76 bits per heavy atom. The number of anilines is 3. The molecule has 0 saturated heterocycles. The van der Waals surface area contributed by atoms with Crippen LogP contribution in [-0.2, 0) is 0 Å². The minimum absolute atomic E-state index is 0.834. The Labute approximate surface area is 338 Å². The molecule has 0 fully saturated rings. The van der Waals surface area contributed by atoms with Crippen molar-refractivity contribution in [1.29, 1.82) is 0 Å². The Hall–Kier alpha value is -7.40. The SMILES string of the molecule is c1ccc(-c2ccc3oc4c(-c5ccccc5)cccc4c3c2N(c2ccc3oc4ccccc4c3c2)c2ccc(-c3ccccc3)c3sc4ccccc4c23)cc1. The first-order valence-electron chi connectivity index (χ1n) is 19.6. The van der Waals surface area contributed by atoms with E-state index in [1.807, 2.05) is 23.5 Å². The number of fused-ring (bicyclic) bond motifs is 9. The minimum atomic E-state index is 0.834. The molecule has 0 aliphatic rings. The number of benzene rings is 9. The first-order valence-corrected chi connectivity index (χ1v) is 20.4. The van der Waals surface area contributed by atoms with E-state index in [4.69, 9.17) is 8.83 Å². The van der Waals surface area contributed by atoms with E-state index in [0.717, 1.165) is 83.2 Å². The average Bonchev–Trinajstić information content (AvgIpc) is 3.99. The van der Waals surface area contributed by atoms with Crippen molar-refractivity contribution in [3.63, 3.8) is 0 Å². The lowest BCUT2D eigenvalue weighted by molar-refractivity contribution is 0.669. The maximum absolute atomic E-state index is 6.99. The monoisotopic (exact) mass is 759 g/mol. The van der Waals surface area contributed by atoms with Crippen molar-refractivity contribution < 1.29 is 8.83 Å². The van der Waals surface area contributed by atoms with Gasteiger partial charge in [0.05, 0.1) is 16.8 Å². The van der Waals surface area contributed by atoms with Gasteiger partial charge in [0.15, 0.2) is 0 Å². The molecule has 0 bridgehead atoms. The third kappa shape index (κ3) is 5.05. The number of hydrogen-bond acceptors (Lipinski definition) is 4. The fraction of sp³-hybridized carbons (Fsp3) is 0. The lowest BCUT2D eigenvalue weighted by Gasteiger charge is -2.30. The Kier molecular flexibility index (Phi) is 7.40. The second kappa shape index (κ2) is 13.1. The summed E-state index contributed by atoms with van der Waals surface area (Å²) in [5, 5.41) is 6.73. The van der Waals surface area contributed by atoms with E-state index in [1.54, 1.807) is 0 Å². The highest BCUT2D eigenvalue weighted by atomic mass is 32.1. The largest absolute Gasteiger partial charge is 0.456 e. The lowest BCUT2D eigenvalue weighted by Crippen LogP contribution is -2.12. The van der Waals surface area contributed by atoms with Gasteiger partial charge in [-0.05, 0) is 70.8 Å². The molecule has 0 radical (unpaired) electrons. The molecule has 12 rings (SSSR count). The topological polar surface area (TPSA) is 29.5 Å². The van der Waals surface area contributed by atoms with E-state index in [2.05, 4.69) is 193 Å². The lowest BCUT2D eigenvalue weighted by atomic mass is 9.95. The second-order valence-electron chi connectivity index (χ2n) is 14.8. The van der Waals surface area contributed by atoms with Crippen molar-refractivity contribution in [3.05, 3.63) is 200 Å². The van der Waals surface area contributed by atoms with Gasteiger partial charge >= 0.3 is 0 Å². The average molecular weight is 760 g/mol. The molecule has 0 aliphatic carbocycles. The zero-order chi connectivity index (χ0) is 38.2. The maximum atomic E-state index is 6.99. The fourth-order valence-electron chi connectivity index (χ4n) is 8.88. The Balaban J connectivity index is 1.26. The van der Waals surface area contributed by atoms with Gasteiger partial charge in [-0.25, -0.2) is 0 Å². The molecule has 0 unspecified atom stereocenters. The quantitative estimate of drug-likeness (QED) is 0.169. The Morgan fingerprint density at radius 1 is 0.379 bits per heavy atom. The molecule has 0 aliphatic heterocycles. The zero-order valence-electron chi connectivity index (χ0n) is 31.2. The number of furan rings is 2. The summed E-state index contributed by atoms with van der Waals surface area (Å²) in [7, 11) is 0. The van der Waals surface area contributed by atoms with E-state index in [1.165, 1.54) is 31.3 Å². The molecule has 3 nitrogen and oxygen atoms in total. The van der Waals surface area contributed by atoms with Gasteiger partial charge in [0.2, 0.25) is 0 Å². The molecule has 0 amide bonds. The number of rotatable bonds is 6. The van der Waals surface area contributed by atoms with Crippen molar-refractivity contribution in [2.45, 2.75) is 0 Å². The molecule has 0 N–H and O–H groups in total. The minimum Gasteiger partial charge on any atom is -0.456 e. The first-order chi connectivity index (χ1) is 28.8.